The average Bonchev–Trinajstić information content (AvgIpc) is 3.31. The number of carbonyl (C=O) groups is 1. The summed E-state index contributed by atoms with van der Waals surface area (Å²) < 4.78 is 48.6. The normalized spacial score (nSPS) is 15.6. The van der Waals surface area contributed by atoms with Crippen LogP contribution in [0.4, 0.5) is 19.0 Å². The fourth-order valence-electron chi connectivity index (χ4n) is 3.66. The molecule has 2 aromatic heterocycles. The van der Waals surface area contributed by atoms with Gasteiger partial charge in [-0.15, -0.1) is 0 Å². The highest BCUT2D eigenvalue weighted by Gasteiger charge is 2.40. The second kappa shape index (κ2) is 7.72. The quantitative estimate of drug-likeness (QED) is 0.639. The van der Waals surface area contributed by atoms with E-state index in [-0.39, 0.29) is 53.2 Å². The van der Waals surface area contributed by atoms with Gasteiger partial charge in [-0.25, -0.2) is 23.1 Å². The number of alkyl halides is 2. The highest BCUT2D eigenvalue weighted by molar-refractivity contribution is 6.01. The Kier molecular flexibility index (Phi) is 5.20. The Balaban J connectivity index is 2.02. The van der Waals surface area contributed by atoms with Crippen LogP contribution in [0.3, 0.4) is 0 Å². The molecule has 1 amide bonds. The maximum Gasteiger partial charge on any atom is 0.271 e. The molecule has 1 saturated heterocycles. The van der Waals surface area contributed by atoms with Gasteiger partial charge in [0.25, 0.3) is 11.8 Å². The Morgan fingerprint density at radius 2 is 1.97 bits per heavy atom. The van der Waals surface area contributed by atoms with Gasteiger partial charge in [0, 0.05) is 36.2 Å². The molecule has 0 unspecified atom stereocenters. The third-order valence-electron chi connectivity index (χ3n) is 5.16. The van der Waals surface area contributed by atoms with Crippen molar-refractivity contribution in [3.8, 4) is 22.5 Å². The van der Waals surface area contributed by atoms with Gasteiger partial charge in [0.1, 0.15) is 11.6 Å². The first kappa shape index (κ1) is 20.9. The van der Waals surface area contributed by atoms with Crippen LogP contribution in [0, 0.1) is 5.82 Å². The number of nitrogens with zero attached hydrogens (tertiary/aromatic N) is 3. The number of carbonyl (C=O) groups excluding carboxylic acids is 1. The summed E-state index contributed by atoms with van der Waals surface area (Å²) in [7, 11) is 0. The van der Waals surface area contributed by atoms with Crippen LogP contribution in [-0.4, -0.2) is 34.9 Å². The number of pyridine rings is 1. The van der Waals surface area contributed by atoms with Crippen LogP contribution in [0.2, 0.25) is 0 Å². The van der Waals surface area contributed by atoms with Gasteiger partial charge in [-0.1, -0.05) is 32.0 Å². The van der Waals surface area contributed by atoms with Gasteiger partial charge >= 0.3 is 0 Å². The summed E-state index contributed by atoms with van der Waals surface area (Å²) in [6.07, 6.45) is 1.08. The second-order valence-electron chi connectivity index (χ2n) is 7.81. The number of amides is 1. The van der Waals surface area contributed by atoms with Gasteiger partial charge in [-0.3, -0.25) is 4.79 Å². The average molecular weight is 430 g/mol. The lowest BCUT2D eigenvalue weighted by molar-refractivity contribution is 0.0256. The van der Waals surface area contributed by atoms with E-state index < -0.39 is 24.2 Å². The van der Waals surface area contributed by atoms with E-state index in [1.165, 1.54) is 17.2 Å². The zero-order chi connectivity index (χ0) is 22.3. The zero-order valence-corrected chi connectivity index (χ0v) is 17.0. The first-order chi connectivity index (χ1) is 14.7. The lowest BCUT2D eigenvalue weighted by Gasteiger charge is -2.22. The number of hydrogen-bond donors (Lipinski definition) is 1. The van der Waals surface area contributed by atoms with Crippen molar-refractivity contribution < 1.29 is 22.4 Å². The number of primary amides is 1. The first-order valence-corrected chi connectivity index (χ1v) is 9.85. The molecule has 6 nitrogen and oxygen atoms in total. The van der Waals surface area contributed by atoms with Gasteiger partial charge in [0.2, 0.25) is 0 Å². The van der Waals surface area contributed by atoms with Crippen molar-refractivity contribution in [3.05, 3.63) is 53.9 Å². The van der Waals surface area contributed by atoms with E-state index >= 15 is 0 Å². The molecule has 0 radical (unpaired) electrons. The van der Waals surface area contributed by atoms with Crippen LogP contribution in [0.1, 0.15) is 42.6 Å². The Bertz CT molecular complexity index is 1140. The van der Waals surface area contributed by atoms with Gasteiger partial charge in [0.15, 0.2) is 17.3 Å². The minimum atomic E-state index is -2.88. The Morgan fingerprint density at radius 3 is 2.58 bits per heavy atom. The fraction of sp³-hybridized carbons (Fsp3) is 0.318. The summed E-state index contributed by atoms with van der Waals surface area (Å²) in [5, 5.41) is 0. The van der Waals surface area contributed by atoms with Gasteiger partial charge in [-0.2, -0.15) is 0 Å². The topological polar surface area (TPSA) is 85.2 Å². The standard InChI is InChI=1S/C22H21F3N4O2/c1-12(2)21-28-17(19(26)30)18(31-21)16-14(13-5-3-4-6-15(13)23)7-9-27-20(16)29-10-8-22(24,25)11-29/h3-7,9,12H,8,10-11H2,1-2H3,(H2,26,30). The molecule has 9 heteroatoms. The summed E-state index contributed by atoms with van der Waals surface area (Å²) >= 11 is 0. The molecule has 3 heterocycles. The molecule has 0 saturated carbocycles. The van der Waals surface area contributed by atoms with E-state index in [2.05, 4.69) is 9.97 Å². The predicted octanol–water partition coefficient (Wildman–Crippen LogP) is 4.61. The number of anilines is 1. The van der Waals surface area contributed by atoms with Gasteiger partial charge in [0.05, 0.1) is 12.1 Å². The van der Waals surface area contributed by atoms with E-state index in [9.17, 15) is 18.0 Å². The summed E-state index contributed by atoms with van der Waals surface area (Å²) in [6.45, 7) is 3.14. The molecule has 1 aromatic carbocycles. The lowest BCUT2D eigenvalue weighted by Crippen LogP contribution is -2.26. The minimum absolute atomic E-state index is 0.00670. The molecule has 0 spiro atoms. The zero-order valence-electron chi connectivity index (χ0n) is 17.0. The van der Waals surface area contributed by atoms with Crippen LogP contribution in [0.5, 0.6) is 0 Å². The van der Waals surface area contributed by atoms with Crippen molar-refractivity contribution >= 4 is 11.7 Å². The SMILES string of the molecule is CC(C)c1nc(C(N)=O)c(-c2c(-c3ccccc3F)ccnc2N2CCC(F)(F)C2)o1. The smallest absolute Gasteiger partial charge is 0.271 e. The van der Waals surface area contributed by atoms with Crippen molar-refractivity contribution in [2.75, 3.05) is 18.0 Å². The summed E-state index contributed by atoms with van der Waals surface area (Å²) in [5.74, 6) is -4.00. The first-order valence-electron chi connectivity index (χ1n) is 9.85. The highest BCUT2D eigenvalue weighted by atomic mass is 19.3. The largest absolute Gasteiger partial charge is 0.439 e. The summed E-state index contributed by atoms with van der Waals surface area (Å²) in [4.78, 5) is 22.1. The maximum atomic E-state index is 14.7. The third kappa shape index (κ3) is 3.87. The molecule has 162 valence electrons. The van der Waals surface area contributed by atoms with Gasteiger partial charge in [-0.05, 0) is 12.1 Å². The molecule has 1 aliphatic rings. The number of nitrogens with two attached hydrogens (primary N) is 1. The van der Waals surface area contributed by atoms with E-state index in [0.29, 0.717) is 5.56 Å². The highest BCUT2D eigenvalue weighted by Crippen LogP contribution is 2.43. The number of aromatic nitrogens is 2. The van der Waals surface area contributed by atoms with E-state index in [1.807, 2.05) is 13.8 Å². The van der Waals surface area contributed by atoms with Crippen LogP contribution >= 0.6 is 0 Å². The van der Waals surface area contributed by atoms with Crippen LogP contribution < -0.4 is 10.6 Å². The van der Waals surface area contributed by atoms with Crippen molar-refractivity contribution in [1.29, 1.82) is 0 Å². The monoisotopic (exact) mass is 430 g/mol. The molecule has 31 heavy (non-hydrogen) atoms. The van der Waals surface area contributed by atoms with Gasteiger partial charge < -0.3 is 15.1 Å². The van der Waals surface area contributed by atoms with Crippen LogP contribution in [0.25, 0.3) is 22.5 Å². The summed E-state index contributed by atoms with van der Waals surface area (Å²) in [5.41, 5.74) is 6.15. The number of halogens is 3. The van der Waals surface area contributed by atoms with Crippen LogP contribution in [-0.2, 0) is 0 Å². The van der Waals surface area contributed by atoms with Crippen LogP contribution in [0.15, 0.2) is 40.9 Å². The maximum absolute atomic E-state index is 14.7. The minimum Gasteiger partial charge on any atom is -0.439 e. The Labute approximate surface area is 176 Å². The predicted molar refractivity (Wildman–Crippen MR) is 110 cm³/mol. The van der Waals surface area contributed by atoms with E-state index in [1.54, 1.807) is 24.3 Å². The molecular weight excluding hydrogens is 409 g/mol. The summed E-state index contributed by atoms with van der Waals surface area (Å²) in [6, 6.07) is 7.59. The molecule has 4 rings (SSSR count). The third-order valence-corrected chi connectivity index (χ3v) is 5.16. The number of benzene rings is 1. The molecule has 1 aliphatic heterocycles. The molecule has 3 aromatic rings. The molecule has 0 atom stereocenters. The number of oxazole rings is 1. The Morgan fingerprint density at radius 1 is 1.23 bits per heavy atom. The molecule has 0 bridgehead atoms. The fourth-order valence-corrected chi connectivity index (χ4v) is 3.66. The second-order valence-corrected chi connectivity index (χ2v) is 7.81. The van der Waals surface area contributed by atoms with Crippen molar-refractivity contribution in [2.45, 2.75) is 32.1 Å². The number of hydrogen-bond acceptors (Lipinski definition) is 5. The molecule has 2 N–H and O–H groups in total. The van der Waals surface area contributed by atoms with Crippen molar-refractivity contribution in [3.63, 3.8) is 0 Å². The van der Waals surface area contributed by atoms with Crippen molar-refractivity contribution in [2.24, 2.45) is 5.73 Å². The van der Waals surface area contributed by atoms with E-state index in [0.717, 1.165) is 0 Å². The molecule has 0 aliphatic carbocycles. The molecular formula is C22H21F3N4O2. The Hall–Kier alpha value is -3.36. The number of rotatable bonds is 5. The lowest BCUT2D eigenvalue weighted by atomic mass is 9.97. The van der Waals surface area contributed by atoms with Crippen molar-refractivity contribution in [1.82, 2.24) is 9.97 Å². The molecule has 1 fully saturated rings. The van der Waals surface area contributed by atoms with E-state index in [4.69, 9.17) is 10.2 Å².